The van der Waals surface area contributed by atoms with Gasteiger partial charge in [-0.2, -0.15) is 0 Å². The third-order valence-corrected chi connectivity index (χ3v) is 5.85. The van der Waals surface area contributed by atoms with Crippen LogP contribution >= 0.6 is 0 Å². The number of methoxy groups -OCH3 is 1. The lowest BCUT2D eigenvalue weighted by Crippen LogP contribution is -2.37. The Bertz CT molecular complexity index is 944. The molecule has 0 atom stereocenters. The highest BCUT2D eigenvalue weighted by atomic mass is 16.5. The summed E-state index contributed by atoms with van der Waals surface area (Å²) in [6, 6.07) is 14.5. The zero-order valence-electron chi connectivity index (χ0n) is 17.7. The molecule has 1 aliphatic heterocycles. The maximum absolute atomic E-state index is 5.73. The molecule has 29 heavy (non-hydrogen) atoms. The molecule has 3 aromatic rings. The summed E-state index contributed by atoms with van der Waals surface area (Å²) in [6.45, 7) is 7.19. The highest BCUT2D eigenvalue weighted by molar-refractivity contribution is 5.84. The topological polar surface area (TPSA) is 41.7 Å². The van der Waals surface area contributed by atoms with Gasteiger partial charge in [-0.25, -0.2) is 4.98 Å². The minimum Gasteiger partial charge on any atom is -0.494 e. The van der Waals surface area contributed by atoms with E-state index < -0.39 is 0 Å². The van der Waals surface area contributed by atoms with E-state index in [1.165, 1.54) is 12.8 Å². The molecule has 5 nitrogen and oxygen atoms in total. The molecule has 0 aliphatic carbocycles. The number of piperidine rings is 1. The molecule has 0 amide bonds. The van der Waals surface area contributed by atoms with Gasteiger partial charge >= 0.3 is 0 Å². The lowest BCUT2D eigenvalue weighted by atomic mass is 9.96. The number of hydrogen-bond donors (Lipinski definition) is 0. The second-order valence-electron chi connectivity index (χ2n) is 8.26. The predicted octanol–water partition coefficient (Wildman–Crippen LogP) is 4.49. The van der Waals surface area contributed by atoms with Gasteiger partial charge in [0.2, 0.25) is 0 Å². The molecule has 0 unspecified atom stereocenters. The average molecular weight is 394 g/mol. The lowest BCUT2D eigenvalue weighted by molar-refractivity contribution is 0.139. The van der Waals surface area contributed by atoms with E-state index in [0.717, 1.165) is 72.5 Å². The van der Waals surface area contributed by atoms with Crippen molar-refractivity contribution < 1.29 is 9.15 Å². The highest BCUT2D eigenvalue weighted by Gasteiger charge is 2.21. The highest BCUT2D eigenvalue weighted by Crippen LogP contribution is 2.25. The first-order valence-corrected chi connectivity index (χ1v) is 10.5. The van der Waals surface area contributed by atoms with Crippen molar-refractivity contribution in [2.75, 3.05) is 33.8 Å². The summed E-state index contributed by atoms with van der Waals surface area (Å²) in [4.78, 5) is 9.76. The summed E-state index contributed by atoms with van der Waals surface area (Å²) in [7, 11) is 3.90. The molecule has 0 radical (unpaired) electrons. The van der Waals surface area contributed by atoms with Crippen molar-refractivity contribution in [3.63, 3.8) is 0 Å². The van der Waals surface area contributed by atoms with Crippen molar-refractivity contribution in [2.24, 2.45) is 5.92 Å². The summed E-state index contributed by atoms with van der Waals surface area (Å²) in [5, 5.41) is 1.12. The Labute approximate surface area is 173 Å². The monoisotopic (exact) mass is 393 g/mol. The van der Waals surface area contributed by atoms with Crippen LogP contribution in [0.4, 0.5) is 0 Å². The fraction of sp³-hybridized carbons (Fsp3) is 0.458. The van der Waals surface area contributed by atoms with Crippen LogP contribution in [0.15, 0.2) is 46.9 Å². The second kappa shape index (κ2) is 8.97. The molecule has 1 saturated heterocycles. The number of ether oxygens (including phenoxy) is 1. The maximum atomic E-state index is 5.73. The van der Waals surface area contributed by atoms with Crippen molar-refractivity contribution in [1.82, 2.24) is 14.8 Å². The van der Waals surface area contributed by atoms with Crippen LogP contribution in [-0.2, 0) is 13.1 Å². The molecule has 2 aromatic heterocycles. The molecule has 0 bridgehead atoms. The first-order chi connectivity index (χ1) is 14.1. The Hall–Kier alpha value is -2.37. The quantitative estimate of drug-likeness (QED) is 0.592. The zero-order valence-corrected chi connectivity index (χ0v) is 17.7. The molecule has 1 fully saturated rings. The van der Waals surface area contributed by atoms with Gasteiger partial charge in [0.15, 0.2) is 0 Å². The smallest absolute Gasteiger partial charge is 0.145 e. The fourth-order valence-corrected chi connectivity index (χ4v) is 4.31. The molecule has 5 heteroatoms. The van der Waals surface area contributed by atoms with Crippen LogP contribution in [0.25, 0.3) is 10.9 Å². The zero-order chi connectivity index (χ0) is 20.2. The molecular weight excluding hydrogens is 362 g/mol. The normalized spacial score (nSPS) is 16.0. The van der Waals surface area contributed by atoms with E-state index in [2.05, 4.69) is 41.1 Å². The van der Waals surface area contributed by atoms with Gasteiger partial charge in [-0.05, 0) is 70.1 Å². The SMILES string of the molecule is COc1cccc2ccc(CN(C)CC3CCN(Cc4ccc(C)o4)CC3)nc12. The summed E-state index contributed by atoms with van der Waals surface area (Å²) < 4.78 is 11.2. The first-order valence-electron chi connectivity index (χ1n) is 10.5. The number of aryl methyl sites for hydroxylation is 1. The summed E-state index contributed by atoms with van der Waals surface area (Å²) in [5.41, 5.74) is 2.04. The lowest BCUT2D eigenvalue weighted by Gasteiger charge is -2.33. The van der Waals surface area contributed by atoms with Crippen LogP contribution in [0.2, 0.25) is 0 Å². The van der Waals surface area contributed by atoms with Crippen molar-refractivity contribution in [2.45, 2.75) is 32.9 Å². The van der Waals surface area contributed by atoms with Gasteiger partial charge in [0.25, 0.3) is 0 Å². The molecular formula is C24H31N3O2. The number of rotatable bonds is 7. The van der Waals surface area contributed by atoms with Gasteiger partial charge in [-0.3, -0.25) is 4.90 Å². The molecule has 0 spiro atoms. The van der Waals surface area contributed by atoms with Crippen LogP contribution in [-0.4, -0.2) is 48.6 Å². The van der Waals surface area contributed by atoms with Gasteiger partial charge in [-0.15, -0.1) is 0 Å². The number of pyridine rings is 1. The van der Waals surface area contributed by atoms with Crippen molar-refractivity contribution in [3.8, 4) is 5.75 Å². The van der Waals surface area contributed by atoms with Crippen LogP contribution < -0.4 is 4.74 Å². The van der Waals surface area contributed by atoms with Crippen molar-refractivity contribution >= 4 is 10.9 Å². The van der Waals surface area contributed by atoms with E-state index in [1.807, 2.05) is 25.1 Å². The Kier molecular flexibility index (Phi) is 6.16. The number of likely N-dealkylation sites (tertiary alicyclic amines) is 1. The number of hydrogen-bond acceptors (Lipinski definition) is 5. The van der Waals surface area contributed by atoms with Crippen LogP contribution in [0.5, 0.6) is 5.75 Å². The summed E-state index contributed by atoms with van der Waals surface area (Å²) in [5.74, 6) is 3.66. The predicted molar refractivity (Wildman–Crippen MR) is 116 cm³/mol. The van der Waals surface area contributed by atoms with E-state index in [9.17, 15) is 0 Å². The molecule has 1 aromatic carbocycles. The standard InChI is InChI=1S/C24H31N3O2/c1-18-7-10-22(29-18)17-27-13-11-19(12-14-27)15-26(2)16-21-9-8-20-5-4-6-23(28-3)24(20)25-21/h4-10,19H,11-17H2,1-3H3. The third kappa shape index (κ3) is 4.98. The van der Waals surface area contributed by atoms with Gasteiger partial charge in [0, 0.05) is 18.5 Å². The van der Waals surface area contributed by atoms with E-state index in [0.29, 0.717) is 0 Å². The molecule has 3 heterocycles. The molecule has 0 N–H and O–H groups in total. The Morgan fingerprint density at radius 1 is 1.14 bits per heavy atom. The van der Waals surface area contributed by atoms with Crippen LogP contribution in [0.1, 0.15) is 30.1 Å². The minimum atomic E-state index is 0.740. The maximum Gasteiger partial charge on any atom is 0.145 e. The van der Waals surface area contributed by atoms with Crippen LogP contribution in [0, 0.1) is 12.8 Å². The second-order valence-corrected chi connectivity index (χ2v) is 8.26. The van der Waals surface area contributed by atoms with Gasteiger partial charge in [-0.1, -0.05) is 18.2 Å². The third-order valence-electron chi connectivity index (χ3n) is 5.85. The number of benzene rings is 1. The Balaban J connectivity index is 1.29. The number of para-hydroxylation sites is 1. The molecule has 4 rings (SSSR count). The number of fused-ring (bicyclic) bond motifs is 1. The van der Waals surface area contributed by atoms with Crippen molar-refractivity contribution in [1.29, 1.82) is 0 Å². The van der Waals surface area contributed by atoms with Gasteiger partial charge < -0.3 is 14.1 Å². The molecule has 1 aliphatic rings. The Morgan fingerprint density at radius 2 is 1.97 bits per heavy atom. The van der Waals surface area contributed by atoms with Gasteiger partial charge in [0.05, 0.1) is 19.3 Å². The largest absolute Gasteiger partial charge is 0.494 e. The number of furan rings is 1. The first kappa shape index (κ1) is 19.9. The minimum absolute atomic E-state index is 0.740. The van der Waals surface area contributed by atoms with E-state index in [1.54, 1.807) is 7.11 Å². The summed E-state index contributed by atoms with van der Waals surface area (Å²) in [6.07, 6.45) is 2.48. The molecule has 0 saturated carbocycles. The average Bonchev–Trinajstić information content (AvgIpc) is 3.13. The fourth-order valence-electron chi connectivity index (χ4n) is 4.31. The van der Waals surface area contributed by atoms with Gasteiger partial charge in [0.1, 0.15) is 22.8 Å². The van der Waals surface area contributed by atoms with E-state index in [4.69, 9.17) is 14.1 Å². The Morgan fingerprint density at radius 3 is 2.69 bits per heavy atom. The van der Waals surface area contributed by atoms with E-state index >= 15 is 0 Å². The van der Waals surface area contributed by atoms with Crippen LogP contribution in [0.3, 0.4) is 0 Å². The summed E-state index contributed by atoms with van der Waals surface area (Å²) >= 11 is 0. The number of nitrogens with zero attached hydrogens (tertiary/aromatic N) is 3. The van der Waals surface area contributed by atoms with E-state index in [-0.39, 0.29) is 0 Å². The van der Waals surface area contributed by atoms with Crippen molar-refractivity contribution in [3.05, 3.63) is 59.7 Å². The number of aromatic nitrogens is 1. The molecule has 154 valence electrons.